The van der Waals surface area contributed by atoms with E-state index in [2.05, 4.69) is 15.6 Å². The zero-order valence-electron chi connectivity index (χ0n) is 22.7. The van der Waals surface area contributed by atoms with E-state index in [0.717, 1.165) is 11.4 Å². The first-order valence-electron chi connectivity index (χ1n) is 12.8. The number of para-hydroxylation sites is 1. The van der Waals surface area contributed by atoms with E-state index in [-0.39, 0.29) is 17.2 Å². The predicted molar refractivity (Wildman–Crippen MR) is 153 cm³/mol. The van der Waals surface area contributed by atoms with E-state index in [9.17, 15) is 14.4 Å². The molecule has 11 heteroatoms. The van der Waals surface area contributed by atoms with E-state index >= 15 is 0 Å². The number of benzene rings is 2. The van der Waals surface area contributed by atoms with Crippen LogP contribution in [0, 0.1) is 6.92 Å². The highest BCUT2D eigenvalue weighted by Crippen LogP contribution is 2.24. The van der Waals surface area contributed by atoms with Crippen molar-refractivity contribution in [2.45, 2.75) is 6.92 Å². The summed E-state index contributed by atoms with van der Waals surface area (Å²) < 4.78 is 14.2. The zero-order chi connectivity index (χ0) is 28.5. The third-order valence-electron chi connectivity index (χ3n) is 6.36. The minimum Gasteiger partial charge on any atom is -0.457 e. The maximum Gasteiger partial charge on any atom is 0.323 e. The number of nitrogens with zero attached hydrogens (tertiary/aromatic N) is 4. The molecule has 40 heavy (non-hydrogen) atoms. The summed E-state index contributed by atoms with van der Waals surface area (Å²) in [5.74, 6) is 1.78. The number of carbonyl (C=O) groups excluding carboxylic acids is 2. The van der Waals surface area contributed by atoms with Gasteiger partial charge in [0.25, 0.3) is 5.56 Å². The van der Waals surface area contributed by atoms with E-state index in [1.54, 1.807) is 41.9 Å². The number of aromatic nitrogens is 3. The summed E-state index contributed by atoms with van der Waals surface area (Å²) in [5, 5.41) is 5.84. The van der Waals surface area contributed by atoms with Gasteiger partial charge in [0.2, 0.25) is 0 Å². The molecule has 0 atom stereocenters. The highest BCUT2D eigenvalue weighted by Gasteiger charge is 2.17. The minimum absolute atomic E-state index is 0.179. The molecular weight excluding hydrogens is 512 g/mol. The van der Waals surface area contributed by atoms with E-state index in [1.165, 1.54) is 4.68 Å². The molecule has 0 aliphatic carbocycles. The highest BCUT2D eigenvalue weighted by molar-refractivity contribution is 5.88. The number of morpholine rings is 1. The standard InChI is InChI=1S/C17H20N4O3.C12H12N2O2/c1-18-13-2-4-14(5-3-13)24-15-6-7-19-16(12-15)20-17(22)21-8-10-23-11-9-21;1-9-11(8-15)12(16)14(13(9)2)10-6-4-3-5-7-10/h2-7,12,18H,8-11H2,1H3,(H,19,20,22);3-8H,1-2H3. The molecule has 2 aromatic heterocycles. The molecule has 1 fully saturated rings. The number of amides is 2. The van der Waals surface area contributed by atoms with Gasteiger partial charge in [-0.3, -0.25) is 19.6 Å². The largest absolute Gasteiger partial charge is 0.457 e. The number of hydrogen-bond donors (Lipinski definition) is 2. The van der Waals surface area contributed by atoms with Crippen molar-refractivity contribution in [2.75, 3.05) is 44.0 Å². The first-order chi connectivity index (χ1) is 19.4. The molecule has 0 radical (unpaired) electrons. The number of pyridine rings is 1. The number of carbonyl (C=O) groups is 2. The number of urea groups is 1. The highest BCUT2D eigenvalue weighted by atomic mass is 16.5. The molecule has 2 aromatic carbocycles. The molecule has 1 aliphatic heterocycles. The van der Waals surface area contributed by atoms with Gasteiger partial charge in [0.1, 0.15) is 22.9 Å². The van der Waals surface area contributed by atoms with E-state index in [4.69, 9.17) is 9.47 Å². The molecule has 2 N–H and O–H groups in total. The Morgan fingerprint density at radius 3 is 2.35 bits per heavy atom. The third kappa shape index (κ3) is 6.75. The SMILES string of the molecule is CNc1ccc(Oc2ccnc(NC(=O)N3CCOCC3)c2)cc1.Cc1c(C=O)c(=O)n(-c2ccccc2)n1C. The van der Waals surface area contributed by atoms with Crippen LogP contribution in [-0.2, 0) is 11.8 Å². The molecule has 208 valence electrons. The van der Waals surface area contributed by atoms with Gasteiger partial charge in [0.05, 0.1) is 18.9 Å². The summed E-state index contributed by atoms with van der Waals surface area (Å²) in [6.07, 6.45) is 2.21. The smallest absolute Gasteiger partial charge is 0.323 e. The van der Waals surface area contributed by atoms with Crippen molar-refractivity contribution >= 4 is 23.8 Å². The molecule has 0 saturated carbocycles. The predicted octanol–water partition coefficient (Wildman–Crippen LogP) is 4.08. The van der Waals surface area contributed by atoms with Crippen LogP contribution in [0.4, 0.5) is 16.3 Å². The van der Waals surface area contributed by atoms with Gasteiger partial charge < -0.3 is 19.7 Å². The quantitative estimate of drug-likeness (QED) is 0.351. The molecular formula is C29H32N6O5. The van der Waals surface area contributed by atoms with Crippen LogP contribution in [0.1, 0.15) is 16.1 Å². The Kier molecular flexibility index (Phi) is 9.31. The molecule has 0 bridgehead atoms. The molecule has 5 rings (SSSR count). The minimum atomic E-state index is -0.277. The Hall–Kier alpha value is -4.90. The topological polar surface area (TPSA) is 120 Å². The van der Waals surface area contributed by atoms with Crippen molar-refractivity contribution in [1.29, 1.82) is 0 Å². The number of ether oxygens (including phenoxy) is 2. The van der Waals surface area contributed by atoms with Crippen LogP contribution in [-0.4, -0.2) is 64.9 Å². The van der Waals surface area contributed by atoms with Gasteiger partial charge in [-0.25, -0.2) is 14.5 Å². The van der Waals surface area contributed by atoms with Crippen molar-refractivity contribution < 1.29 is 19.1 Å². The van der Waals surface area contributed by atoms with Gasteiger partial charge in [0, 0.05) is 50.8 Å². The summed E-state index contributed by atoms with van der Waals surface area (Å²) in [4.78, 5) is 40.8. The summed E-state index contributed by atoms with van der Waals surface area (Å²) in [5.41, 5.74) is 2.37. The average Bonchev–Trinajstić information content (AvgIpc) is 3.21. The average molecular weight is 545 g/mol. The van der Waals surface area contributed by atoms with Gasteiger partial charge >= 0.3 is 6.03 Å². The Morgan fingerprint density at radius 2 is 1.73 bits per heavy atom. The second kappa shape index (κ2) is 13.3. The number of aldehydes is 1. The molecule has 2 amide bonds. The summed E-state index contributed by atoms with van der Waals surface area (Å²) in [6.45, 7) is 4.05. The van der Waals surface area contributed by atoms with Gasteiger partial charge in [-0.2, -0.15) is 0 Å². The maximum absolute atomic E-state index is 12.2. The summed E-state index contributed by atoms with van der Waals surface area (Å²) >= 11 is 0. The number of rotatable bonds is 6. The lowest BCUT2D eigenvalue weighted by Crippen LogP contribution is -2.43. The molecule has 1 aliphatic rings. The summed E-state index contributed by atoms with van der Waals surface area (Å²) in [6, 6.07) is 20.1. The van der Waals surface area contributed by atoms with Crippen LogP contribution in [0.3, 0.4) is 0 Å². The van der Waals surface area contributed by atoms with Crippen LogP contribution in [0.5, 0.6) is 11.5 Å². The Labute approximate surface area is 231 Å². The van der Waals surface area contributed by atoms with Gasteiger partial charge in [0.15, 0.2) is 6.29 Å². The molecule has 0 spiro atoms. The molecule has 3 heterocycles. The Bertz CT molecular complexity index is 1490. The van der Waals surface area contributed by atoms with Gasteiger partial charge in [-0.15, -0.1) is 0 Å². The number of nitrogens with one attached hydrogen (secondary N) is 2. The maximum atomic E-state index is 12.2. The monoisotopic (exact) mass is 544 g/mol. The normalized spacial score (nSPS) is 12.6. The van der Waals surface area contributed by atoms with Crippen LogP contribution in [0.15, 0.2) is 77.7 Å². The summed E-state index contributed by atoms with van der Waals surface area (Å²) in [7, 11) is 3.62. The van der Waals surface area contributed by atoms with Crippen LogP contribution >= 0.6 is 0 Å². The lowest BCUT2D eigenvalue weighted by atomic mass is 10.3. The fraction of sp³-hybridized carbons (Fsp3) is 0.241. The van der Waals surface area contributed by atoms with E-state index in [1.807, 2.05) is 61.6 Å². The van der Waals surface area contributed by atoms with Crippen LogP contribution in [0.25, 0.3) is 5.69 Å². The van der Waals surface area contributed by atoms with Crippen molar-refractivity contribution in [1.82, 2.24) is 19.2 Å². The van der Waals surface area contributed by atoms with E-state index < -0.39 is 0 Å². The number of hydrogen-bond acceptors (Lipinski definition) is 7. The van der Waals surface area contributed by atoms with Crippen LogP contribution in [0.2, 0.25) is 0 Å². The Morgan fingerprint density at radius 1 is 1.02 bits per heavy atom. The molecule has 11 nitrogen and oxygen atoms in total. The van der Waals surface area contributed by atoms with Gasteiger partial charge in [-0.1, -0.05) is 18.2 Å². The lowest BCUT2D eigenvalue weighted by molar-refractivity contribution is 0.0564. The molecule has 0 unspecified atom stereocenters. The van der Waals surface area contributed by atoms with Crippen molar-refractivity contribution in [2.24, 2.45) is 7.05 Å². The van der Waals surface area contributed by atoms with E-state index in [0.29, 0.717) is 55.6 Å². The fourth-order valence-electron chi connectivity index (χ4n) is 4.05. The molecule has 1 saturated heterocycles. The zero-order valence-corrected chi connectivity index (χ0v) is 22.7. The second-order valence-electron chi connectivity index (χ2n) is 8.88. The molecule has 4 aromatic rings. The van der Waals surface area contributed by atoms with Crippen molar-refractivity contribution in [3.8, 4) is 17.2 Å². The van der Waals surface area contributed by atoms with Gasteiger partial charge in [-0.05, 0) is 49.4 Å². The van der Waals surface area contributed by atoms with Crippen LogP contribution < -0.4 is 20.9 Å². The first kappa shape index (κ1) is 28.1. The Balaban J connectivity index is 0.000000201. The third-order valence-corrected chi connectivity index (χ3v) is 6.36. The second-order valence-corrected chi connectivity index (χ2v) is 8.88. The number of anilines is 2. The van der Waals surface area contributed by atoms with Crippen molar-refractivity contribution in [3.05, 3.63) is 94.5 Å². The lowest BCUT2D eigenvalue weighted by Gasteiger charge is -2.26. The first-order valence-corrected chi connectivity index (χ1v) is 12.8. The fourth-order valence-corrected chi connectivity index (χ4v) is 4.05. The van der Waals surface area contributed by atoms with Crippen molar-refractivity contribution in [3.63, 3.8) is 0 Å².